The van der Waals surface area contributed by atoms with Crippen LogP contribution in [0.1, 0.15) is 5.82 Å². The van der Waals surface area contributed by atoms with Gasteiger partial charge >= 0.3 is 6.41 Å². The van der Waals surface area contributed by atoms with Gasteiger partial charge < -0.3 is 10.3 Å². The summed E-state index contributed by atoms with van der Waals surface area (Å²) in [4.78, 5) is 16.5. The molecule has 2 N–H and O–H groups in total. The monoisotopic (exact) mass is 138 g/mol. The second-order valence-corrected chi connectivity index (χ2v) is 1.81. The minimum atomic E-state index is 0.580. The largest absolute Gasteiger partial charge is 0.349 e. The van der Waals surface area contributed by atoms with E-state index in [-0.39, 0.29) is 0 Å². The molecule has 4 nitrogen and oxygen atoms in total. The van der Waals surface area contributed by atoms with Crippen molar-refractivity contribution < 1.29 is 4.79 Å². The summed E-state index contributed by atoms with van der Waals surface area (Å²) in [7, 11) is 0. The maximum absolute atomic E-state index is 9.67. The first-order valence-corrected chi connectivity index (χ1v) is 3.02. The van der Waals surface area contributed by atoms with E-state index < -0.39 is 0 Å². The van der Waals surface area contributed by atoms with E-state index in [0.29, 0.717) is 6.54 Å². The molecule has 53 valence electrons. The molecule has 0 bridgehead atoms. The Hall–Kier alpha value is -1.32. The van der Waals surface area contributed by atoms with Crippen LogP contribution in [0.3, 0.4) is 0 Å². The number of H-pyrrole nitrogens is 1. The van der Waals surface area contributed by atoms with Crippen molar-refractivity contribution in [2.45, 2.75) is 6.42 Å². The molecule has 1 heterocycles. The molecule has 0 aromatic carbocycles. The van der Waals surface area contributed by atoms with Crippen LogP contribution in [-0.2, 0) is 11.2 Å². The fraction of sp³-hybridized carbons (Fsp3) is 0.333. The molecule has 0 spiro atoms. The van der Waals surface area contributed by atoms with Crippen LogP contribution in [0.15, 0.2) is 12.4 Å². The van der Waals surface area contributed by atoms with Crippen molar-refractivity contribution in [3.05, 3.63) is 18.2 Å². The van der Waals surface area contributed by atoms with Gasteiger partial charge in [0.25, 0.3) is 0 Å². The number of carbonyl (C=O) groups excluding carboxylic acids is 1. The highest BCUT2D eigenvalue weighted by Gasteiger charge is 1.91. The number of nitrogens with one attached hydrogen (secondary N) is 2. The summed E-state index contributed by atoms with van der Waals surface area (Å²) >= 11 is 0. The summed E-state index contributed by atoms with van der Waals surface area (Å²) < 4.78 is 0. The number of amides is 1. The number of nitrogens with zero attached hydrogens (tertiary/aromatic N) is 1. The molecule has 10 heavy (non-hydrogen) atoms. The van der Waals surface area contributed by atoms with Crippen LogP contribution in [0.5, 0.6) is 0 Å². The van der Waals surface area contributed by atoms with Crippen molar-refractivity contribution in [2.75, 3.05) is 6.54 Å². The first-order chi connectivity index (χ1) is 4.93. The molecule has 0 saturated heterocycles. The van der Waals surface area contributed by atoms with Crippen molar-refractivity contribution in [1.82, 2.24) is 15.3 Å². The first-order valence-electron chi connectivity index (χ1n) is 3.02. The molecule has 4 heteroatoms. The van der Waals surface area contributed by atoms with E-state index in [1.165, 1.54) is 0 Å². The van der Waals surface area contributed by atoms with Crippen LogP contribution in [0.4, 0.5) is 0 Å². The van der Waals surface area contributed by atoms with Crippen LogP contribution < -0.4 is 5.32 Å². The van der Waals surface area contributed by atoms with Gasteiger partial charge in [0.1, 0.15) is 5.82 Å². The summed E-state index contributed by atoms with van der Waals surface area (Å²) in [5.41, 5.74) is 0. The third-order valence-electron chi connectivity index (χ3n) is 1.11. The maximum atomic E-state index is 9.67. The quantitative estimate of drug-likeness (QED) is 0.439. The molecular weight excluding hydrogens is 130 g/mol. The van der Waals surface area contributed by atoms with Crippen LogP contribution in [-0.4, -0.2) is 22.9 Å². The number of hydrogen-bond donors (Lipinski definition) is 2. The Bertz CT molecular complexity index is 183. The average molecular weight is 138 g/mol. The van der Waals surface area contributed by atoms with Crippen molar-refractivity contribution >= 4 is 6.41 Å². The van der Waals surface area contributed by atoms with Crippen molar-refractivity contribution in [1.29, 1.82) is 0 Å². The summed E-state index contributed by atoms with van der Waals surface area (Å²) in [6.45, 7) is 0.580. The lowest BCUT2D eigenvalue weighted by atomic mass is 10.4. The van der Waals surface area contributed by atoms with E-state index in [1.807, 2.05) is 0 Å². The van der Waals surface area contributed by atoms with E-state index in [2.05, 4.69) is 15.3 Å². The van der Waals surface area contributed by atoms with E-state index >= 15 is 0 Å². The molecule has 0 atom stereocenters. The molecule has 0 aliphatic rings. The molecule has 0 aliphatic carbocycles. The zero-order valence-electron chi connectivity index (χ0n) is 5.42. The molecular formula is C6H8N3O. The van der Waals surface area contributed by atoms with Gasteiger partial charge in [-0.05, 0) is 0 Å². The summed E-state index contributed by atoms with van der Waals surface area (Å²) in [5, 5.41) is 2.42. The highest BCUT2D eigenvalue weighted by molar-refractivity contribution is 5.46. The molecule has 0 aliphatic heterocycles. The number of hydrogen-bond acceptors (Lipinski definition) is 2. The molecule has 1 amide bonds. The maximum Gasteiger partial charge on any atom is 0.309 e. The molecule has 0 unspecified atom stereocenters. The minimum Gasteiger partial charge on any atom is -0.349 e. The van der Waals surface area contributed by atoms with Crippen LogP contribution in [0.25, 0.3) is 0 Å². The van der Waals surface area contributed by atoms with E-state index in [0.717, 1.165) is 12.2 Å². The molecule has 1 aromatic rings. The predicted molar refractivity (Wildman–Crippen MR) is 36.0 cm³/mol. The Morgan fingerprint density at radius 3 is 3.30 bits per heavy atom. The van der Waals surface area contributed by atoms with Gasteiger partial charge in [0.15, 0.2) is 0 Å². The van der Waals surface area contributed by atoms with Crippen LogP contribution in [0.2, 0.25) is 0 Å². The number of imidazole rings is 1. The number of rotatable bonds is 4. The smallest absolute Gasteiger partial charge is 0.309 e. The fourth-order valence-electron chi connectivity index (χ4n) is 0.667. The Kier molecular flexibility index (Phi) is 2.49. The fourth-order valence-corrected chi connectivity index (χ4v) is 0.667. The second-order valence-electron chi connectivity index (χ2n) is 1.81. The Morgan fingerprint density at radius 1 is 1.80 bits per heavy atom. The Labute approximate surface area is 58.7 Å². The Balaban J connectivity index is 2.21. The van der Waals surface area contributed by atoms with Gasteiger partial charge in [-0.3, -0.25) is 4.79 Å². The summed E-state index contributed by atoms with van der Waals surface area (Å²) in [6.07, 6.45) is 5.74. The molecule has 1 radical (unpaired) electrons. The third kappa shape index (κ3) is 1.89. The van der Waals surface area contributed by atoms with Gasteiger partial charge in [-0.1, -0.05) is 0 Å². The zero-order valence-corrected chi connectivity index (χ0v) is 5.42. The lowest BCUT2D eigenvalue weighted by molar-refractivity contribution is 0.542. The van der Waals surface area contributed by atoms with E-state index in [1.54, 1.807) is 18.8 Å². The number of aromatic amines is 1. The van der Waals surface area contributed by atoms with Gasteiger partial charge in [0, 0.05) is 25.4 Å². The van der Waals surface area contributed by atoms with Crippen molar-refractivity contribution in [2.24, 2.45) is 0 Å². The van der Waals surface area contributed by atoms with Crippen LogP contribution >= 0.6 is 0 Å². The highest BCUT2D eigenvalue weighted by Crippen LogP contribution is 1.86. The first kappa shape index (κ1) is 6.80. The van der Waals surface area contributed by atoms with Crippen LogP contribution in [0, 0.1) is 0 Å². The molecule has 0 fully saturated rings. The lowest BCUT2D eigenvalue weighted by Crippen LogP contribution is -2.14. The minimum absolute atomic E-state index is 0.580. The van der Waals surface area contributed by atoms with Crippen molar-refractivity contribution in [3.63, 3.8) is 0 Å². The standard InChI is InChI=1S/C6H8N3O/c10-5-7-2-1-6-8-3-4-9-6/h3-4H,1-2H2,(H,7,10)(H,8,9). The lowest BCUT2D eigenvalue weighted by Gasteiger charge is -1.92. The van der Waals surface area contributed by atoms with E-state index in [9.17, 15) is 4.79 Å². The van der Waals surface area contributed by atoms with Gasteiger partial charge in [-0.25, -0.2) is 4.98 Å². The zero-order chi connectivity index (χ0) is 7.23. The molecule has 1 aromatic heterocycles. The van der Waals surface area contributed by atoms with Gasteiger partial charge in [0.05, 0.1) is 0 Å². The van der Waals surface area contributed by atoms with Crippen molar-refractivity contribution in [3.8, 4) is 0 Å². The number of aromatic nitrogens is 2. The van der Waals surface area contributed by atoms with Gasteiger partial charge in [0.2, 0.25) is 0 Å². The third-order valence-corrected chi connectivity index (χ3v) is 1.11. The molecule has 0 saturated carbocycles. The average Bonchev–Trinajstić information content (AvgIpc) is 2.41. The normalized spacial score (nSPS) is 9.20. The second kappa shape index (κ2) is 3.66. The van der Waals surface area contributed by atoms with E-state index in [4.69, 9.17) is 0 Å². The predicted octanol–water partition coefficient (Wildman–Crippen LogP) is -0.391. The highest BCUT2D eigenvalue weighted by atomic mass is 16.1. The Morgan fingerprint density at radius 2 is 2.70 bits per heavy atom. The summed E-state index contributed by atoms with van der Waals surface area (Å²) in [6, 6.07) is 0. The SMILES string of the molecule is O=[C]NCCc1ncc[nH]1. The van der Waals surface area contributed by atoms with Gasteiger partial charge in [-0.2, -0.15) is 0 Å². The summed E-state index contributed by atoms with van der Waals surface area (Å²) in [5.74, 6) is 0.878. The van der Waals surface area contributed by atoms with Gasteiger partial charge in [-0.15, -0.1) is 0 Å². The molecule has 1 rings (SSSR count). The topological polar surface area (TPSA) is 57.8 Å².